The maximum atomic E-state index is 11.9. The van der Waals surface area contributed by atoms with Gasteiger partial charge in [0.25, 0.3) is 0 Å². The lowest BCUT2D eigenvalue weighted by Gasteiger charge is -2.24. The van der Waals surface area contributed by atoms with Crippen molar-refractivity contribution in [2.24, 2.45) is 0 Å². The summed E-state index contributed by atoms with van der Waals surface area (Å²) in [6.07, 6.45) is 0. The van der Waals surface area contributed by atoms with Crippen LogP contribution in [0.15, 0.2) is 54.6 Å². The molecule has 6 nitrogen and oxygen atoms in total. The van der Waals surface area contributed by atoms with Crippen LogP contribution in [0.2, 0.25) is 5.15 Å². The Bertz CT molecular complexity index is 926. The van der Waals surface area contributed by atoms with Crippen molar-refractivity contribution in [3.8, 4) is 11.5 Å². The molecule has 0 amide bonds. The third-order valence-corrected chi connectivity index (χ3v) is 4.78. The molecule has 0 aliphatic heterocycles. The SMILES string of the molecule is COc1ccc(CN(Cc2ccc(OC)cc2)c2cc(C(C)=O)c(Cl)nn2)cc1. The molecule has 150 valence electrons. The van der Waals surface area contributed by atoms with Crippen LogP contribution in [-0.2, 0) is 13.1 Å². The zero-order valence-corrected chi connectivity index (χ0v) is 17.3. The number of ether oxygens (including phenoxy) is 2. The number of carbonyl (C=O) groups excluding carboxylic acids is 1. The standard InChI is InChI=1S/C22H22ClN3O3/c1-15(27)20-12-21(24-25-22(20)23)26(13-16-4-8-18(28-2)9-5-16)14-17-6-10-19(29-3)11-7-17/h4-12H,13-14H2,1-3H3. The minimum atomic E-state index is -0.153. The molecule has 29 heavy (non-hydrogen) atoms. The smallest absolute Gasteiger partial charge is 0.163 e. The zero-order chi connectivity index (χ0) is 20.8. The van der Waals surface area contributed by atoms with Crippen LogP contribution in [0.1, 0.15) is 28.4 Å². The lowest BCUT2D eigenvalue weighted by molar-refractivity contribution is 0.101. The number of Topliss-reactive ketones (excluding diaryl/α,β-unsaturated/α-hetero) is 1. The van der Waals surface area contributed by atoms with E-state index in [2.05, 4.69) is 10.2 Å². The molecule has 0 aliphatic rings. The first-order valence-corrected chi connectivity index (χ1v) is 9.43. The molecule has 3 rings (SSSR count). The fourth-order valence-corrected chi connectivity index (χ4v) is 3.11. The second-order valence-electron chi connectivity index (χ2n) is 6.52. The molecule has 0 bridgehead atoms. The third-order valence-electron chi connectivity index (χ3n) is 4.50. The highest BCUT2D eigenvalue weighted by Gasteiger charge is 2.16. The molecule has 3 aromatic rings. The summed E-state index contributed by atoms with van der Waals surface area (Å²) in [4.78, 5) is 13.9. The Hall–Kier alpha value is -3.12. The highest BCUT2D eigenvalue weighted by atomic mass is 35.5. The summed E-state index contributed by atoms with van der Waals surface area (Å²) < 4.78 is 10.5. The minimum Gasteiger partial charge on any atom is -0.497 e. The van der Waals surface area contributed by atoms with E-state index in [4.69, 9.17) is 21.1 Å². The number of hydrogen-bond donors (Lipinski definition) is 0. The van der Waals surface area contributed by atoms with Gasteiger partial charge in [0.1, 0.15) is 11.5 Å². The fraction of sp³-hybridized carbons (Fsp3) is 0.227. The van der Waals surface area contributed by atoms with Gasteiger partial charge in [0, 0.05) is 13.1 Å². The molecule has 1 aromatic heterocycles. The van der Waals surface area contributed by atoms with Crippen molar-refractivity contribution in [2.75, 3.05) is 19.1 Å². The van der Waals surface area contributed by atoms with Crippen LogP contribution in [0.3, 0.4) is 0 Å². The first kappa shape index (κ1) is 20.6. The van der Waals surface area contributed by atoms with Crippen LogP contribution in [-0.4, -0.2) is 30.2 Å². The second-order valence-corrected chi connectivity index (χ2v) is 6.87. The first-order chi connectivity index (χ1) is 14.0. The first-order valence-electron chi connectivity index (χ1n) is 9.05. The Balaban J connectivity index is 1.93. The molecule has 7 heteroatoms. The van der Waals surface area contributed by atoms with Crippen molar-refractivity contribution in [1.82, 2.24) is 10.2 Å². The van der Waals surface area contributed by atoms with Crippen LogP contribution in [0.25, 0.3) is 0 Å². The third kappa shape index (κ3) is 5.23. The summed E-state index contributed by atoms with van der Waals surface area (Å²) in [7, 11) is 3.27. The Morgan fingerprint density at radius 1 is 0.897 bits per heavy atom. The predicted octanol–water partition coefficient (Wildman–Crippen LogP) is 4.56. The number of carbonyl (C=O) groups is 1. The van der Waals surface area contributed by atoms with Gasteiger partial charge in [0.05, 0.1) is 19.8 Å². The van der Waals surface area contributed by atoms with Gasteiger partial charge < -0.3 is 14.4 Å². The largest absolute Gasteiger partial charge is 0.497 e. The molecule has 0 saturated carbocycles. The molecule has 0 saturated heterocycles. The monoisotopic (exact) mass is 411 g/mol. The van der Waals surface area contributed by atoms with Crippen molar-refractivity contribution >= 4 is 23.2 Å². The highest BCUT2D eigenvalue weighted by molar-refractivity contribution is 6.32. The molecule has 0 atom stereocenters. The molecule has 0 fully saturated rings. The zero-order valence-electron chi connectivity index (χ0n) is 16.6. The fourth-order valence-electron chi connectivity index (χ4n) is 2.89. The molecule has 0 unspecified atom stereocenters. The summed E-state index contributed by atoms with van der Waals surface area (Å²) in [5.74, 6) is 2.01. The van der Waals surface area contributed by atoms with Gasteiger partial charge in [-0.1, -0.05) is 35.9 Å². The Morgan fingerprint density at radius 3 is 1.79 bits per heavy atom. The Kier molecular flexibility index (Phi) is 6.67. The van der Waals surface area contributed by atoms with E-state index < -0.39 is 0 Å². The number of ketones is 1. The van der Waals surface area contributed by atoms with Crippen LogP contribution in [0, 0.1) is 0 Å². The molecule has 0 radical (unpaired) electrons. The number of anilines is 1. The molecule has 0 aliphatic carbocycles. The lowest BCUT2D eigenvalue weighted by atomic mass is 10.1. The number of methoxy groups -OCH3 is 2. The van der Waals surface area contributed by atoms with E-state index in [1.165, 1.54) is 6.92 Å². The van der Waals surface area contributed by atoms with E-state index in [9.17, 15) is 4.79 Å². The van der Waals surface area contributed by atoms with Crippen LogP contribution >= 0.6 is 11.6 Å². The van der Waals surface area contributed by atoms with E-state index in [0.29, 0.717) is 24.5 Å². The summed E-state index contributed by atoms with van der Waals surface area (Å²) in [5, 5.41) is 8.30. The number of hydrogen-bond acceptors (Lipinski definition) is 6. The van der Waals surface area contributed by atoms with Gasteiger partial charge in [-0.2, -0.15) is 0 Å². The Labute approximate surface area is 175 Å². The average Bonchev–Trinajstić information content (AvgIpc) is 2.74. The molecular weight excluding hydrogens is 390 g/mol. The van der Waals surface area contributed by atoms with Crippen molar-refractivity contribution in [3.05, 3.63) is 76.4 Å². The number of benzene rings is 2. The van der Waals surface area contributed by atoms with Gasteiger partial charge in [-0.3, -0.25) is 4.79 Å². The van der Waals surface area contributed by atoms with Gasteiger partial charge in [0.2, 0.25) is 0 Å². The summed E-state index contributed by atoms with van der Waals surface area (Å²) >= 11 is 6.04. The molecule has 0 spiro atoms. The lowest BCUT2D eigenvalue weighted by Crippen LogP contribution is -2.24. The maximum Gasteiger partial charge on any atom is 0.163 e. The van der Waals surface area contributed by atoms with E-state index in [-0.39, 0.29) is 10.9 Å². The predicted molar refractivity (Wildman–Crippen MR) is 113 cm³/mol. The molecule has 0 N–H and O–H groups in total. The summed E-state index contributed by atoms with van der Waals surface area (Å²) in [6.45, 7) is 2.61. The highest BCUT2D eigenvalue weighted by Crippen LogP contribution is 2.24. The van der Waals surface area contributed by atoms with Crippen molar-refractivity contribution in [2.45, 2.75) is 20.0 Å². The normalized spacial score (nSPS) is 10.5. The number of nitrogens with zero attached hydrogens (tertiary/aromatic N) is 3. The quantitative estimate of drug-likeness (QED) is 0.506. The van der Waals surface area contributed by atoms with Gasteiger partial charge in [-0.15, -0.1) is 10.2 Å². The van der Waals surface area contributed by atoms with Crippen molar-refractivity contribution in [3.63, 3.8) is 0 Å². The van der Waals surface area contributed by atoms with Gasteiger partial charge >= 0.3 is 0 Å². The van der Waals surface area contributed by atoms with E-state index >= 15 is 0 Å². The molecule has 2 aromatic carbocycles. The maximum absolute atomic E-state index is 11.9. The molecule has 1 heterocycles. The number of halogens is 1. The van der Waals surface area contributed by atoms with Crippen molar-refractivity contribution in [1.29, 1.82) is 0 Å². The van der Waals surface area contributed by atoms with E-state index in [1.54, 1.807) is 20.3 Å². The topological polar surface area (TPSA) is 64.6 Å². The minimum absolute atomic E-state index is 0.107. The van der Waals surface area contributed by atoms with Gasteiger partial charge in [-0.05, 0) is 48.4 Å². The number of aromatic nitrogens is 2. The van der Waals surface area contributed by atoms with E-state index in [0.717, 1.165) is 22.6 Å². The second kappa shape index (κ2) is 9.39. The van der Waals surface area contributed by atoms with Gasteiger partial charge in [0.15, 0.2) is 16.8 Å². The summed E-state index contributed by atoms with van der Waals surface area (Å²) in [5.41, 5.74) is 2.49. The molecular formula is C22H22ClN3O3. The summed E-state index contributed by atoms with van der Waals surface area (Å²) in [6, 6.07) is 17.3. The van der Waals surface area contributed by atoms with Gasteiger partial charge in [-0.25, -0.2) is 0 Å². The van der Waals surface area contributed by atoms with Crippen LogP contribution < -0.4 is 14.4 Å². The Morgan fingerprint density at radius 2 is 1.38 bits per heavy atom. The number of rotatable bonds is 8. The van der Waals surface area contributed by atoms with Crippen LogP contribution in [0.4, 0.5) is 5.82 Å². The van der Waals surface area contributed by atoms with Crippen molar-refractivity contribution < 1.29 is 14.3 Å². The average molecular weight is 412 g/mol. The van der Waals surface area contributed by atoms with E-state index in [1.807, 2.05) is 53.4 Å². The van der Waals surface area contributed by atoms with Crippen LogP contribution in [0.5, 0.6) is 11.5 Å².